The molecule has 2 heterocycles. The van der Waals surface area contributed by atoms with Gasteiger partial charge in [-0.25, -0.2) is 0 Å². The van der Waals surface area contributed by atoms with Crippen LogP contribution in [0.25, 0.3) is 0 Å². The van der Waals surface area contributed by atoms with Crippen LogP contribution in [0, 0.1) is 5.41 Å². The fourth-order valence-corrected chi connectivity index (χ4v) is 3.55. The number of hydrogen-bond donors (Lipinski definition) is 2. The van der Waals surface area contributed by atoms with Crippen molar-refractivity contribution in [1.29, 1.82) is 0 Å². The van der Waals surface area contributed by atoms with Gasteiger partial charge >= 0.3 is 0 Å². The van der Waals surface area contributed by atoms with E-state index in [0.717, 1.165) is 50.1 Å². The summed E-state index contributed by atoms with van der Waals surface area (Å²) in [6.45, 7) is 4.56. The minimum Gasteiger partial charge on any atom is -0.493 e. The molecule has 1 aromatic carbocycles. The van der Waals surface area contributed by atoms with Crippen LogP contribution in [0.5, 0.6) is 5.75 Å². The largest absolute Gasteiger partial charge is 0.493 e. The molecular formula is C17H24N2O2. The second kappa shape index (κ2) is 6.06. The molecule has 4 heteroatoms. The van der Waals surface area contributed by atoms with Gasteiger partial charge in [0.15, 0.2) is 0 Å². The first kappa shape index (κ1) is 14.4. The number of carbonyl (C=O) groups is 1. The van der Waals surface area contributed by atoms with Crippen LogP contribution in [-0.2, 0) is 4.79 Å². The fraction of sp³-hybridized carbons (Fsp3) is 0.588. The van der Waals surface area contributed by atoms with Crippen molar-refractivity contribution in [3.05, 3.63) is 29.8 Å². The Kier molecular flexibility index (Phi) is 4.15. The zero-order chi connectivity index (χ0) is 14.7. The molecule has 1 fully saturated rings. The Balaban J connectivity index is 1.76. The zero-order valence-corrected chi connectivity index (χ0v) is 12.7. The van der Waals surface area contributed by atoms with Gasteiger partial charge in [0, 0.05) is 18.5 Å². The molecule has 1 saturated heterocycles. The number of ether oxygens (including phenoxy) is 1. The molecule has 0 aliphatic carbocycles. The molecule has 1 amide bonds. The van der Waals surface area contributed by atoms with Gasteiger partial charge < -0.3 is 15.4 Å². The first-order valence-corrected chi connectivity index (χ1v) is 7.98. The SMILES string of the molecule is CCCC1(C(=O)NC2CCOc3ccccc32)CCNC1. The molecule has 3 rings (SSSR count). The third-order valence-electron chi connectivity index (χ3n) is 4.72. The van der Waals surface area contributed by atoms with Crippen LogP contribution in [0.3, 0.4) is 0 Å². The van der Waals surface area contributed by atoms with E-state index in [-0.39, 0.29) is 17.4 Å². The Morgan fingerprint density at radius 2 is 2.33 bits per heavy atom. The van der Waals surface area contributed by atoms with Gasteiger partial charge in [0.2, 0.25) is 5.91 Å². The summed E-state index contributed by atoms with van der Waals surface area (Å²) in [6, 6.07) is 8.09. The zero-order valence-electron chi connectivity index (χ0n) is 12.7. The highest BCUT2D eigenvalue weighted by molar-refractivity contribution is 5.83. The van der Waals surface area contributed by atoms with Crippen molar-refractivity contribution in [3.63, 3.8) is 0 Å². The van der Waals surface area contributed by atoms with Crippen LogP contribution in [0.4, 0.5) is 0 Å². The van der Waals surface area contributed by atoms with Gasteiger partial charge in [-0.2, -0.15) is 0 Å². The molecule has 2 aliphatic rings. The number of nitrogens with one attached hydrogen (secondary N) is 2. The highest BCUT2D eigenvalue weighted by atomic mass is 16.5. The molecule has 2 unspecified atom stereocenters. The third kappa shape index (κ3) is 2.77. The van der Waals surface area contributed by atoms with E-state index in [0.29, 0.717) is 6.61 Å². The van der Waals surface area contributed by atoms with Crippen LogP contribution in [0.1, 0.15) is 44.2 Å². The van der Waals surface area contributed by atoms with Gasteiger partial charge in [-0.1, -0.05) is 31.5 Å². The average molecular weight is 288 g/mol. The van der Waals surface area contributed by atoms with Crippen molar-refractivity contribution in [1.82, 2.24) is 10.6 Å². The molecule has 0 bridgehead atoms. The second-order valence-corrected chi connectivity index (χ2v) is 6.16. The van der Waals surface area contributed by atoms with Gasteiger partial charge in [0.05, 0.1) is 18.1 Å². The van der Waals surface area contributed by atoms with Crippen molar-refractivity contribution < 1.29 is 9.53 Å². The third-order valence-corrected chi connectivity index (χ3v) is 4.72. The average Bonchev–Trinajstić information content (AvgIpc) is 2.98. The van der Waals surface area contributed by atoms with Gasteiger partial charge in [-0.15, -0.1) is 0 Å². The van der Waals surface area contributed by atoms with E-state index in [1.165, 1.54) is 0 Å². The van der Waals surface area contributed by atoms with E-state index in [9.17, 15) is 4.79 Å². The Morgan fingerprint density at radius 3 is 3.10 bits per heavy atom. The molecule has 0 aromatic heterocycles. The highest BCUT2D eigenvalue weighted by Crippen LogP contribution is 2.35. The van der Waals surface area contributed by atoms with Crippen LogP contribution >= 0.6 is 0 Å². The minimum absolute atomic E-state index is 0.0804. The van der Waals surface area contributed by atoms with Crippen LogP contribution in [-0.4, -0.2) is 25.6 Å². The Labute approximate surface area is 126 Å². The van der Waals surface area contributed by atoms with Gasteiger partial charge in [-0.3, -0.25) is 4.79 Å². The predicted octanol–water partition coefficient (Wildman–Crippen LogP) is 2.41. The van der Waals surface area contributed by atoms with E-state index in [2.05, 4.69) is 23.6 Å². The quantitative estimate of drug-likeness (QED) is 0.894. The summed E-state index contributed by atoms with van der Waals surface area (Å²) in [6.07, 6.45) is 3.78. The lowest BCUT2D eigenvalue weighted by atomic mass is 9.81. The minimum atomic E-state index is -0.220. The Bertz CT molecular complexity index is 509. The van der Waals surface area contributed by atoms with Crippen LogP contribution < -0.4 is 15.4 Å². The van der Waals surface area contributed by atoms with Crippen molar-refractivity contribution in [2.75, 3.05) is 19.7 Å². The molecule has 0 spiro atoms. The number of benzene rings is 1. The summed E-state index contributed by atoms with van der Waals surface area (Å²) in [5, 5.41) is 6.63. The lowest BCUT2D eigenvalue weighted by Crippen LogP contribution is -2.44. The fourth-order valence-electron chi connectivity index (χ4n) is 3.55. The lowest BCUT2D eigenvalue weighted by Gasteiger charge is -2.32. The Morgan fingerprint density at radius 1 is 1.48 bits per heavy atom. The topological polar surface area (TPSA) is 50.4 Å². The summed E-state index contributed by atoms with van der Waals surface area (Å²) in [4.78, 5) is 12.8. The van der Waals surface area contributed by atoms with E-state index in [4.69, 9.17) is 4.74 Å². The maximum absolute atomic E-state index is 12.8. The van der Waals surface area contributed by atoms with Crippen molar-refractivity contribution >= 4 is 5.91 Å². The number of rotatable bonds is 4. The number of fused-ring (bicyclic) bond motifs is 1. The summed E-state index contributed by atoms with van der Waals surface area (Å²) in [5.41, 5.74) is 0.886. The lowest BCUT2D eigenvalue weighted by molar-refractivity contribution is -0.131. The molecule has 2 N–H and O–H groups in total. The normalized spacial score (nSPS) is 27.8. The first-order chi connectivity index (χ1) is 10.2. The predicted molar refractivity (Wildman–Crippen MR) is 82.3 cm³/mol. The molecule has 1 aromatic rings. The van der Waals surface area contributed by atoms with Gasteiger partial charge in [0.1, 0.15) is 5.75 Å². The maximum atomic E-state index is 12.8. The van der Waals surface area contributed by atoms with Crippen LogP contribution in [0.15, 0.2) is 24.3 Å². The molecule has 0 saturated carbocycles. The molecule has 2 atom stereocenters. The molecule has 0 radical (unpaired) electrons. The van der Waals surface area contributed by atoms with Crippen LogP contribution in [0.2, 0.25) is 0 Å². The van der Waals surface area contributed by atoms with Crippen molar-refractivity contribution in [2.45, 2.75) is 38.6 Å². The van der Waals surface area contributed by atoms with Gasteiger partial charge in [0.25, 0.3) is 0 Å². The molecule has 114 valence electrons. The number of carbonyl (C=O) groups excluding carboxylic acids is 1. The highest BCUT2D eigenvalue weighted by Gasteiger charge is 2.41. The standard InChI is InChI=1S/C17H24N2O2/c1-2-8-17(9-10-18-12-17)16(20)19-14-7-11-21-15-6-4-3-5-13(14)15/h3-6,14,18H,2,7-12H2,1H3,(H,19,20). The molecular weight excluding hydrogens is 264 g/mol. The number of amides is 1. The van der Waals surface area contributed by atoms with Crippen molar-refractivity contribution in [2.24, 2.45) is 5.41 Å². The molecule has 21 heavy (non-hydrogen) atoms. The van der Waals surface area contributed by atoms with E-state index in [1.807, 2.05) is 18.2 Å². The smallest absolute Gasteiger partial charge is 0.228 e. The van der Waals surface area contributed by atoms with Gasteiger partial charge in [-0.05, 0) is 25.5 Å². The number of hydrogen-bond acceptors (Lipinski definition) is 3. The Hall–Kier alpha value is -1.55. The van der Waals surface area contributed by atoms with E-state index >= 15 is 0 Å². The maximum Gasteiger partial charge on any atom is 0.228 e. The molecule has 2 aliphatic heterocycles. The summed E-state index contributed by atoms with van der Waals surface area (Å²) in [5.74, 6) is 1.11. The molecule has 4 nitrogen and oxygen atoms in total. The summed E-state index contributed by atoms with van der Waals surface area (Å²) < 4.78 is 5.67. The summed E-state index contributed by atoms with van der Waals surface area (Å²) >= 11 is 0. The van der Waals surface area contributed by atoms with E-state index < -0.39 is 0 Å². The van der Waals surface area contributed by atoms with E-state index in [1.54, 1.807) is 0 Å². The number of para-hydroxylation sites is 1. The van der Waals surface area contributed by atoms with Crippen molar-refractivity contribution in [3.8, 4) is 5.75 Å². The monoisotopic (exact) mass is 288 g/mol. The summed E-state index contributed by atoms with van der Waals surface area (Å²) in [7, 11) is 0. The first-order valence-electron chi connectivity index (χ1n) is 7.98. The second-order valence-electron chi connectivity index (χ2n) is 6.16.